The largest absolute Gasteiger partial charge is 0.519 e. The fourth-order valence-corrected chi connectivity index (χ4v) is 1.51. The molecule has 0 spiro atoms. The molecule has 0 saturated heterocycles. The number of allylic oxidation sites excluding steroid dienone is 1. The van der Waals surface area contributed by atoms with Crippen LogP contribution in [0, 0.1) is 0 Å². The van der Waals surface area contributed by atoms with Gasteiger partial charge in [-0.05, 0) is 6.42 Å². The molecule has 4 heteroatoms. The third-order valence-electron chi connectivity index (χ3n) is 2.28. The Hall–Kier alpha value is -1.29. The molecule has 0 aliphatic carbocycles. The standard InChI is InChI=1S/C13H21NO3/c1-5-6-7-8-14-9-10-11(13(2,3)4)17-12(15)16-10/h6-7,14H,5,8-9H2,1-4H3/b7-6-. The monoisotopic (exact) mass is 239 g/mol. The highest BCUT2D eigenvalue weighted by Crippen LogP contribution is 2.24. The Bertz CT molecular complexity index is 421. The van der Waals surface area contributed by atoms with Crippen LogP contribution in [0.3, 0.4) is 0 Å². The summed E-state index contributed by atoms with van der Waals surface area (Å²) in [6, 6.07) is 0. The van der Waals surface area contributed by atoms with Gasteiger partial charge in [-0.25, -0.2) is 4.79 Å². The van der Waals surface area contributed by atoms with E-state index in [1.54, 1.807) is 0 Å². The van der Waals surface area contributed by atoms with Gasteiger partial charge in [0.1, 0.15) is 0 Å². The van der Waals surface area contributed by atoms with Gasteiger partial charge in [-0.15, -0.1) is 0 Å². The van der Waals surface area contributed by atoms with Crippen LogP contribution in [-0.4, -0.2) is 6.54 Å². The molecular formula is C13H21NO3. The van der Waals surface area contributed by atoms with Crippen molar-refractivity contribution in [3.8, 4) is 0 Å². The Labute approximate surface area is 102 Å². The first kappa shape index (κ1) is 13.8. The smallest absolute Gasteiger partial charge is 0.395 e. The van der Waals surface area contributed by atoms with Gasteiger partial charge in [-0.1, -0.05) is 39.8 Å². The number of hydrogen-bond donors (Lipinski definition) is 1. The minimum Gasteiger partial charge on any atom is -0.395 e. The van der Waals surface area contributed by atoms with E-state index < -0.39 is 5.82 Å². The topological polar surface area (TPSA) is 55.4 Å². The molecule has 1 heterocycles. The van der Waals surface area contributed by atoms with Crippen LogP contribution < -0.4 is 11.1 Å². The van der Waals surface area contributed by atoms with E-state index in [1.807, 2.05) is 20.8 Å². The molecule has 4 nitrogen and oxygen atoms in total. The van der Waals surface area contributed by atoms with Crippen LogP contribution in [-0.2, 0) is 12.0 Å². The second-order valence-electron chi connectivity index (χ2n) is 4.97. The molecule has 0 aromatic carbocycles. The molecule has 1 aromatic rings. The highest BCUT2D eigenvalue weighted by molar-refractivity contribution is 5.13. The lowest BCUT2D eigenvalue weighted by Gasteiger charge is -2.14. The summed E-state index contributed by atoms with van der Waals surface area (Å²) in [7, 11) is 0. The molecule has 0 fully saturated rings. The summed E-state index contributed by atoms with van der Waals surface area (Å²) in [5, 5.41) is 3.18. The summed E-state index contributed by atoms with van der Waals surface area (Å²) >= 11 is 0. The maximum atomic E-state index is 11.1. The SMILES string of the molecule is CC/C=C\CNCc1oc(=O)oc1C(C)(C)C. The summed E-state index contributed by atoms with van der Waals surface area (Å²) in [5.74, 6) is 0.581. The zero-order valence-electron chi connectivity index (χ0n) is 11.0. The highest BCUT2D eigenvalue weighted by Gasteiger charge is 2.25. The first-order valence-electron chi connectivity index (χ1n) is 5.94. The van der Waals surface area contributed by atoms with Gasteiger partial charge in [-0.3, -0.25) is 0 Å². The fraction of sp³-hybridized carbons (Fsp3) is 0.615. The zero-order chi connectivity index (χ0) is 12.9. The lowest BCUT2D eigenvalue weighted by molar-refractivity contribution is 0.343. The number of nitrogens with one attached hydrogen (secondary N) is 1. The summed E-state index contributed by atoms with van der Waals surface area (Å²) < 4.78 is 10.1. The molecule has 1 aromatic heterocycles. The molecule has 0 radical (unpaired) electrons. The van der Waals surface area contributed by atoms with E-state index in [0.29, 0.717) is 18.1 Å². The summed E-state index contributed by atoms with van der Waals surface area (Å²) in [6.07, 6.45) is 5.16. The zero-order valence-corrected chi connectivity index (χ0v) is 11.0. The van der Waals surface area contributed by atoms with Crippen LogP contribution in [0.15, 0.2) is 25.8 Å². The molecule has 0 amide bonds. The molecular weight excluding hydrogens is 218 g/mol. The average Bonchev–Trinajstić information content (AvgIpc) is 2.59. The Morgan fingerprint density at radius 1 is 1.24 bits per heavy atom. The second kappa shape index (κ2) is 5.87. The van der Waals surface area contributed by atoms with E-state index in [-0.39, 0.29) is 5.41 Å². The first-order chi connectivity index (χ1) is 7.95. The van der Waals surface area contributed by atoms with E-state index in [0.717, 1.165) is 13.0 Å². The van der Waals surface area contributed by atoms with Crippen LogP contribution in [0.2, 0.25) is 0 Å². The van der Waals surface area contributed by atoms with Crippen LogP contribution >= 0.6 is 0 Å². The molecule has 96 valence electrons. The van der Waals surface area contributed by atoms with Crippen LogP contribution in [0.1, 0.15) is 45.6 Å². The summed E-state index contributed by atoms with van der Waals surface area (Å²) in [6.45, 7) is 9.31. The van der Waals surface area contributed by atoms with Gasteiger partial charge in [0.05, 0.1) is 6.54 Å². The van der Waals surface area contributed by atoms with Crippen LogP contribution in [0.4, 0.5) is 0 Å². The molecule has 0 saturated carbocycles. The van der Waals surface area contributed by atoms with E-state index >= 15 is 0 Å². The highest BCUT2D eigenvalue weighted by atomic mass is 16.6. The van der Waals surface area contributed by atoms with Gasteiger partial charge in [-0.2, -0.15) is 0 Å². The van der Waals surface area contributed by atoms with E-state index in [2.05, 4.69) is 24.4 Å². The van der Waals surface area contributed by atoms with Crippen molar-refractivity contribution >= 4 is 0 Å². The maximum absolute atomic E-state index is 11.1. The van der Waals surface area contributed by atoms with Gasteiger partial charge in [0.25, 0.3) is 0 Å². The minimum atomic E-state index is -0.629. The Morgan fingerprint density at radius 2 is 1.94 bits per heavy atom. The molecule has 0 unspecified atom stereocenters. The fourth-order valence-electron chi connectivity index (χ4n) is 1.51. The van der Waals surface area contributed by atoms with Crippen LogP contribution in [0.5, 0.6) is 0 Å². The summed E-state index contributed by atoms with van der Waals surface area (Å²) in [5.41, 5.74) is -0.220. The quantitative estimate of drug-likeness (QED) is 0.634. The molecule has 0 aliphatic rings. The predicted octanol–water partition coefficient (Wildman–Crippen LogP) is 2.59. The van der Waals surface area contributed by atoms with Crippen molar-refractivity contribution in [1.29, 1.82) is 0 Å². The van der Waals surface area contributed by atoms with Gasteiger partial charge < -0.3 is 14.2 Å². The Kier molecular flexibility index (Phi) is 4.75. The molecule has 0 bridgehead atoms. The third kappa shape index (κ3) is 4.23. The number of hydrogen-bond acceptors (Lipinski definition) is 4. The molecule has 17 heavy (non-hydrogen) atoms. The molecule has 0 aliphatic heterocycles. The Morgan fingerprint density at radius 3 is 2.53 bits per heavy atom. The van der Waals surface area contributed by atoms with Gasteiger partial charge >= 0.3 is 5.82 Å². The van der Waals surface area contributed by atoms with E-state index in [1.165, 1.54) is 0 Å². The van der Waals surface area contributed by atoms with Gasteiger partial charge in [0.15, 0.2) is 11.5 Å². The number of rotatable bonds is 5. The van der Waals surface area contributed by atoms with Crippen molar-refractivity contribution in [3.05, 3.63) is 34.3 Å². The normalized spacial score (nSPS) is 12.5. The maximum Gasteiger partial charge on any atom is 0.519 e. The molecule has 0 atom stereocenters. The third-order valence-corrected chi connectivity index (χ3v) is 2.28. The Balaban J connectivity index is 2.65. The van der Waals surface area contributed by atoms with Crippen molar-refractivity contribution in [1.82, 2.24) is 5.32 Å². The lowest BCUT2D eigenvalue weighted by atomic mass is 9.92. The lowest BCUT2D eigenvalue weighted by Crippen LogP contribution is -2.18. The average molecular weight is 239 g/mol. The van der Waals surface area contributed by atoms with Crippen molar-refractivity contribution in [2.45, 2.75) is 46.1 Å². The van der Waals surface area contributed by atoms with Crippen molar-refractivity contribution in [2.24, 2.45) is 0 Å². The second-order valence-corrected chi connectivity index (χ2v) is 4.97. The molecule has 1 N–H and O–H groups in total. The van der Waals surface area contributed by atoms with Crippen molar-refractivity contribution in [2.75, 3.05) is 6.54 Å². The van der Waals surface area contributed by atoms with E-state index in [4.69, 9.17) is 8.83 Å². The van der Waals surface area contributed by atoms with Gasteiger partial charge in [0, 0.05) is 12.0 Å². The minimum absolute atomic E-state index is 0.220. The van der Waals surface area contributed by atoms with Crippen molar-refractivity contribution in [3.63, 3.8) is 0 Å². The van der Waals surface area contributed by atoms with Gasteiger partial charge in [0.2, 0.25) is 0 Å². The molecule has 1 rings (SSSR count). The predicted molar refractivity (Wildman–Crippen MR) is 67.1 cm³/mol. The first-order valence-corrected chi connectivity index (χ1v) is 5.94. The summed E-state index contributed by atoms with van der Waals surface area (Å²) in [4.78, 5) is 11.1. The van der Waals surface area contributed by atoms with Crippen LogP contribution in [0.25, 0.3) is 0 Å². The van der Waals surface area contributed by atoms with Crippen molar-refractivity contribution < 1.29 is 8.83 Å². The van der Waals surface area contributed by atoms with E-state index in [9.17, 15) is 4.79 Å².